The molecule has 0 unspecified atom stereocenters. The van der Waals surface area contributed by atoms with E-state index in [9.17, 15) is 4.79 Å². The minimum atomic E-state index is -0.453. The van der Waals surface area contributed by atoms with Gasteiger partial charge in [0.2, 0.25) is 11.1 Å². The smallest absolute Gasteiger partial charge is 0.255 e. The fourth-order valence-electron chi connectivity index (χ4n) is 4.57. The molecule has 8 heteroatoms. The Kier molecular flexibility index (Phi) is 7.51. The maximum Gasteiger partial charge on any atom is 0.255 e. The molecule has 0 saturated carbocycles. The first-order chi connectivity index (χ1) is 18.4. The second kappa shape index (κ2) is 11.1. The van der Waals surface area contributed by atoms with Crippen molar-refractivity contribution in [3.8, 4) is 5.75 Å². The number of ether oxygens (including phenoxy) is 1. The molecule has 1 aliphatic heterocycles. The Morgan fingerprint density at radius 2 is 1.82 bits per heavy atom. The fourth-order valence-corrected chi connectivity index (χ4v) is 5.36. The lowest BCUT2D eigenvalue weighted by Gasteiger charge is -2.29. The van der Waals surface area contributed by atoms with Gasteiger partial charge in [0.1, 0.15) is 11.8 Å². The number of aromatic nitrogens is 3. The van der Waals surface area contributed by atoms with E-state index in [1.54, 1.807) is 11.8 Å². The molecule has 4 aromatic rings. The van der Waals surface area contributed by atoms with Gasteiger partial charge >= 0.3 is 0 Å². The summed E-state index contributed by atoms with van der Waals surface area (Å²) >= 11 is 1.57. The second-order valence-electron chi connectivity index (χ2n) is 9.28. The summed E-state index contributed by atoms with van der Waals surface area (Å²) in [6.07, 6.45) is 0. The van der Waals surface area contributed by atoms with Crippen LogP contribution in [-0.4, -0.2) is 27.3 Å². The van der Waals surface area contributed by atoms with Gasteiger partial charge in [0.15, 0.2) is 0 Å². The third-order valence-corrected chi connectivity index (χ3v) is 7.33. The van der Waals surface area contributed by atoms with Crippen LogP contribution in [0.3, 0.4) is 0 Å². The number of nitrogens with one attached hydrogen (secondary N) is 2. The van der Waals surface area contributed by atoms with E-state index in [-0.39, 0.29) is 5.91 Å². The lowest BCUT2D eigenvalue weighted by molar-refractivity contribution is -0.113. The zero-order valence-electron chi connectivity index (χ0n) is 22.0. The molecular formula is C30H31N5O2S. The van der Waals surface area contributed by atoms with E-state index in [4.69, 9.17) is 14.8 Å². The molecular weight excluding hydrogens is 494 g/mol. The maximum atomic E-state index is 13.8. The summed E-state index contributed by atoms with van der Waals surface area (Å²) in [5, 5.41) is 11.9. The molecule has 0 aliphatic carbocycles. The summed E-state index contributed by atoms with van der Waals surface area (Å²) < 4.78 is 7.46. The van der Waals surface area contributed by atoms with Gasteiger partial charge in [-0.3, -0.25) is 4.79 Å². The van der Waals surface area contributed by atoms with Crippen LogP contribution in [0.15, 0.2) is 89.2 Å². The van der Waals surface area contributed by atoms with Crippen molar-refractivity contribution < 1.29 is 9.53 Å². The molecule has 2 heterocycles. The summed E-state index contributed by atoms with van der Waals surface area (Å²) in [6.45, 7) is 8.49. The number of hydrogen-bond acceptors (Lipinski definition) is 6. The quantitative estimate of drug-likeness (QED) is 0.255. The van der Waals surface area contributed by atoms with Gasteiger partial charge < -0.3 is 15.4 Å². The van der Waals surface area contributed by atoms with E-state index in [0.29, 0.717) is 23.3 Å². The highest BCUT2D eigenvalue weighted by Gasteiger charge is 2.34. The number of rotatable bonds is 8. The monoisotopic (exact) mass is 525 g/mol. The Labute approximate surface area is 227 Å². The van der Waals surface area contributed by atoms with Gasteiger partial charge in [0.25, 0.3) is 5.91 Å². The average Bonchev–Trinajstić information content (AvgIpc) is 3.32. The molecule has 0 spiro atoms. The first-order valence-electron chi connectivity index (χ1n) is 12.7. The van der Waals surface area contributed by atoms with Crippen LogP contribution in [0.4, 0.5) is 11.6 Å². The third kappa shape index (κ3) is 5.45. The van der Waals surface area contributed by atoms with Crippen molar-refractivity contribution in [1.82, 2.24) is 14.8 Å². The molecule has 1 aliphatic rings. The van der Waals surface area contributed by atoms with E-state index in [2.05, 4.69) is 28.8 Å². The van der Waals surface area contributed by atoms with Gasteiger partial charge in [-0.25, -0.2) is 4.68 Å². The van der Waals surface area contributed by atoms with Crippen LogP contribution in [0.1, 0.15) is 42.1 Å². The lowest BCUT2D eigenvalue weighted by Crippen LogP contribution is -2.31. The zero-order chi connectivity index (χ0) is 26.6. The van der Waals surface area contributed by atoms with Crippen molar-refractivity contribution in [2.45, 2.75) is 44.6 Å². The predicted octanol–water partition coefficient (Wildman–Crippen LogP) is 6.51. The van der Waals surface area contributed by atoms with Gasteiger partial charge in [-0.1, -0.05) is 71.9 Å². The number of amides is 1. The van der Waals surface area contributed by atoms with Crippen molar-refractivity contribution in [3.63, 3.8) is 0 Å². The molecule has 0 fully saturated rings. The molecule has 0 saturated heterocycles. The number of thioether (sulfide) groups is 1. The topological polar surface area (TPSA) is 81.1 Å². The summed E-state index contributed by atoms with van der Waals surface area (Å²) in [7, 11) is 0. The van der Waals surface area contributed by atoms with Gasteiger partial charge in [-0.2, -0.15) is 4.98 Å². The minimum absolute atomic E-state index is 0.180. The molecule has 5 rings (SSSR count). The van der Waals surface area contributed by atoms with Crippen molar-refractivity contribution in [2.75, 3.05) is 17.2 Å². The van der Waals surface area contributed by atoms with E-state index >= 15 is 0 Å². The summed E-state index contributed by atoms with van der Waals surface area (Å²) in [5.41, 5.74) is 6.40. The van der Waals surface area contributed by atoms with Gasteiger partial charge in [-0.15, -0.1) is 5.10 Å². The number of nitrogens with zero attached hydrogens (tertiary/aromatic N) is 3. The van der Waals surface area contributed by atoms with Crippen molar-refractivity contribution in [3.05, 3.63) is 106 Å². The second-order valence-corrected chi connectivity index (χ2v) is 10.2. The fraction of sp³-hybridized carbons (Fsp3) is 0.233. The molecule has 194 valence electrons. The zero-order valence-corrected chi connectivity index (χ0v) is 22.8. The summed E-state index contributed by atoms with van der Waals surface area (Å²) in [6, 6.07) is 23.6. The molecule has 0 bridgehead atoms. The maximum absolute atomic E-state index is 13.8. The predicted molar refractivity (Wildman–Crippen MR) is 153 cm³/mol. The van der Waals surface area contributed by atoms with E-state index in [1.165, 1.54) is 5.56 Å². The Bertz CT molecular complexity index is 1480. The summed E-state index contributed by atoms with van der Waals surface area (Å²) in [5.74, 6) is 1.97. The number of fused-ring (bicyclic) bond motifs is 1. The van der Waals surface area contributed by atoms with Crippen LogP contribution < -0.4 is 15.4 Å². The average molecular weight is 526 g/mol. The van der Waals surface area contributed by atoms with Crippen LogP contribution >= 0.6 is 11.8 Å². The summed E-state index contributed by atoms with van der Waals surface area (Å²) in [4.78, 5) is 18.5. The third-order valence-electron chi connectivity index (χ3n) is 6.43. The molecule has 0 radical (unpaired) electrons. The number of allylic oxidation sites excluding steroid dienone is 1. The molecule has 2 N–H and O–H groups in total. The highest BCUT2D eigenvalue weighted by Crippen LogP contribution is 2.37. The molecule has 7 nitrogen and oxygen atoms in total. The van der Waals surface area contributed by atoms with Gasteiger partial charge in [0.05, 0.1) is 12.2 Å². The minimum Gasteiger partial charge on any atom is -0.494 e. The first-order valence-corrected chi connectivity index (χ1v) is 13.6. The van der Waals surface area contributed by atoms with Crippen LogP contribution in [0.2, 0.25) is 0 Å². The van der Waals surface area contributed by atoms with E-state index in [0.717, 1.165) is 39.6 Å². The van der Waals surface area contributed by atoms with Gasteiger partial charge in [0, 0.05) is 17.1 Å². The van der Waals surface area contributed by atoms with Crippen molar-refractivity contribution >= 4 is 29.3 Å². The Hall–Kier alpha value is -4.04. The number of benzene rings is 3. The van der Waals surface area contributed by atoms with Crippen LogP contribution in [0, 0.1) is 13.8 Å². The van der Waals surface area contributed by atoms with Gasteiger partial charge in [-0.05, 0) is 62.6 Å². The number of carbonyl (C=O) groups is 1. The molecule has 1 aromatic heterocycles. The van der Waals surface area contributed by atoms with Crippen molar-refractivity contribution in [1.29, 1.82) is 0 Å². The SMILES string of the molecule is CCOc1ccc([C@H]2C(C(=O)Nc3ccc(C)cc3C)=C(C)Nc3nc(SCc4ccccc4)nn32)cc1. The Balaban J connectivity index is 1.50. The Morgan fingerprint density at radius 3 is 2.53 bits per heavy atom. The van der Waals surface area contributed by atoms with Crippen molar-refractivity contribution in [2.24, 2.45) is 0 Å². The lowest BCUT2D eigenvalue weighted by atomic mass is 9.94. The Morgan fingerprint density at radius 1 is 1.05 bits per heavy atom. The highest BCUT2D eigenvalue weighted by molar-refractivity contribution is 7.98. The number of anilines is 2. The molecule has 3 aromatic carbocycles. The van der Waals surface area contributed by atoms with Crippen LogP contribution in [0.25, 0.3) is 0 Å². The number of aryl methyl sites for hydroxylation is 2. The molecule has 38 heavy (non-hydrogen) atoms. The molecule has 1 atom stereocenters. The van der Waals surface area contributed by atoms with Crippen LogP contribution in [-0.2, 0) is 10.5 Å². The highest BCUT2D eigenvalue weighted by atomic mass is 32.2. The number of carbonyl (C=O) groups excluding carboxylic acids is 1. The largest absolute Gasteiger partial charge is 0.494 e. The van der Waals surface area contributed by atoms with Crippen LogP contribution in [0.5, 0.6) is 5.75 Å². The first kappa shape index (κ1) is 25.6. The van der Waals surface area contributed by atoms with E-state index < -0.39 is 6.04 Å². The van der Waals surface area contributed by atoms with E-state index in [1.807, 2.05) is 87.0 Å². The molecule has 1 amide bonds. The normalized spacial score (nSPS) is 14.6. The standard InChI is InChI=1S/C30H31N5O2S/c1-5-37-24-14-12-23(13-15-24)27-26(28(36)32-25-16-11-19(2)17-20(25)3)21(4)31-29-33-30(34-35(27)29)38-18-22-9-7-6-8-10-22/h6-17,27H,5,18H2,1-4H3,(H,32,36)(H,31,33,34)/t27-/m0/s1. The number of hydrogen-bond donors (Lipinski definition) is 2.